The Bertz CT molecular complexity index is 144. The van der Waals surface area contributed by atoms with Gasteiger partial charge in [0.2, 0.25) is 0 Å². The molecule has 0 aromatic carbocycles. The zero-order valence-electron chi connectivity index (χ0n) is 9.30. The third-order valence-corrected chi connectivity index (χ3v) is 1.88. The Morgan fingerprint density at radius 1 is 1.08 bits per heavy atom. The van der Waals surface area contributed by atoms with Crippen molar-refractivity contribution in [2.45, 2.75) is 64.1 Å². The van der Waals surface area contributed by atoms with Crippen LogP contribution in [0.25, 0.3) is 0 Å². The van der Waals surface area contributed by atoms with E-state index in [-0.39, 0.29) is 17.2 Å². The Balaban J connectivity index is 3.70. The molecule has 80 valence electrons. The highest BCUT2D eigenvalue weighted by Gasteiger charge is 2.19. The lowest BCUT2D eigenvalue weighted by molar-refractivity contribution is 0.122. The van der Waals surface area contributed by atoms with E-state index in [4.69, 9.17) is 11.5 Å². The van der Waals surface area contributed by atoms with Gasteiger partial charge in [0, 0.05) is 11.1 Å². The molecular formula is C10H24N2O. The SMILES string of the molecule is CC(C)(N)CCC(O)CC(C)(C)N. The molecule has 0 aromatic rings. The smallest absolute Gasteiger partial charge is 0.0558 e. The van der Waals surface area contributed by atoms with E-state index in [0.29, 0.717) is 6.42 Å². The van der Waals surface area contributed by atoms with Crippen molar-refractivity contribution in [2.24, 2.45) is 11.5 Å². The summed E-state index contributed by atoms with van der Waals surface area (Å²) in [4.78, 5) is 0. The second-order valence-corrected chi connectivity index (χ2v) is 5.37. The van der Waals surface area contributed by atoms with E-state index in [1.807, 2.05) is 27.7 Å². The molecule has 3 nitrogen and oxygen atoms in total. The van der Waals surface area contributed by atoms with Crippen LogP contribution in [0.2, 0.25) is 0 Å². The maximum absolute atomic E-state index is 9.61. The van der Waals surface area contributed by atoms with Crippen LogP contribution >= 0.6 is 0 Å². The van der Waals surface area contributed by atoms with Crippen molar-refractivity contribution >= 4 is 0 Å². The fourth-order valence-electron chi connectivity index (χ4n) is 1.25. The van der Waals surface area contributed by atoms with Crippen LogP contribution in [0.4, 0.5) is 0 Å². The van der Waals surface area contributed by atoms with Crippen LogP contribution in [0.5, 0.6) is 0 Å². The molecule has 1 atom stereocenters. The highest BCUT2D eigenvalue weighted by Crippen LogP contribution is 2.15. The third kappa shape index (κ3) is 9.80. The van der Waals surface area contributed by atoms with E-state index in [0.717, 1.165) is 12.8 Å². The Labute approximate surface area is 81.5 Å². The minimum absolute atomic E-state index is 0.195. The van der Waals surface area contributed by atoms with Crippen LogP contribution in [-0.2, 0) is 0 Å². The van der Waals surface area contributed by atoms with Crippen LogP contribution in [0.15, 0.2) is 0 Å². The number of hydrogen-bond acceptors (Lipinski definition) is 3. The van der Waals surface area contributed by atoms with Gasteiger partial charge < -0.3 is 16.6 Å². The van der Waals surface area contributed by atoms with E-state index in [2.05, 4.69) is 0 Å². The molecule has 3 heteroatoms. The van der Waals surface area contributed by atoms with Gasteiger partial charge >= 0.3 is 0 Å². The van der Waals surface area contributed by atoms with Gasteiger partial charge in [0.15, 0.2) is 0 Å². The molecule has 0 bridgehead atoms. The first-order valence-corrected chi connectivity index (χ1v) is 4.86. The molecule has 13 heavy (non-hydrogen) atoms. The minimum atomic E-state index is -0.331. The lowest BCUT2D eigenvalue weighted by Crippen LogP contribution is -2.38. The Hall–Kier alpha value is -0.120. The van der Waals surface area contributed by atoms with Crippen molar-refractivity contribution in [1.82, 2.24) is 0 Å². The fourth-order valence-corrected chi connectivity index (χ4v) is 1.25. The predicted octanol–water partition coefficient (Wildman–Crippen LogP) is 0.992. The van der Waals surface area contributed by atoms with Crippen molar-refractivity contribution < 1.29 is 5.11 Å². The maximum atomic E-state index is 9.61. The molecule has 0 fully saturated rings. The quantitative estimate of drug-likeness (QED) is 0.602. The Morgan fingerprint density at radius 3 is 1.85 bits per heavy atom. The molecule has 0 heterocycles. The van der Waals surface area contributed by atoms with Gasteiger partial charge in [-0.2, -0.15) is 0 Å². The first-order valence-electron chi connectivity index (χ1n) is 4.86. The summed E-state index contributed by atoms with van der Waals surface area (Å²) in [6, 6.07) is 0. The fraction of sp³-hybridized carbons (Fsp3) is 1.00. The molecule has 0 saturated carbocycles. The number of rotatable bonds is 5. The molecule has 0 amide bonds. The Morgan fingerprint density at radius 2 is 1.54 bits per heavy atom. The summed E-state index contributed by atoms with van der Waals surface area (Å²) in [7, 11) is 0. The molecule has 0 saturated heterocycles. The number of nitrogens with two attached hydrogens (primary N) is 2. The van der Waals surface area contributed by atoms with Crippen LogP contribution in [0.3, 0.4) is 0 Å². The molecule has 0 aliphatic heterocycles. The van der Waals surface area contributed by atoms with E-state index in [9.17, 15) is 5.11 Å². The van der Waals surface area contributed by atoms with Crippen molar-refractivity contribution in [3.63, 3.8) is 0 Å². The topological polar surface area (TPSA) is 72.3 Å². The summed E-state index contributed by atoms with van der Waals surface area (Å²) in [6.07, 6.45) is 1.85. The van der Waals surface area contributed by atoms with Crippen LogP contribution in [-0.4, -0.2) is 22.3 Å². The van der Waals surface area contributed by atoms with E-state index < -0.39 is 0 Å². The third-order valence-electron chi connectivity index (χ3n) is 1.88. The average molecular weight is 188 g/mol. The van der Waals surface area contributed by atoms with Crippen molar-refractivity contribution in [1.29, 1.82) is 0 Å². The van der Waals surface area contributed by atoms with Gasteiger partial charge in [0.25, 0.3) is 0 Å². The molecule has 0 radical (unpaired) electrons. The standard InChI is InChI=1S/C10H24N2O/c1-9(2,11)6-5-8(13)7-10(3,4)12/h8,13H,5-7,11-12H2,1-4H3. The van der Waals surface area contributed by atoms with Gasteiger partial charge in [-0.1, -0.05) is 0 Å². The summed E-state index contributed by atoms with van der Waals surface area (Å²) in [6.45, 7) is 7.77. The summed E-state index contributed by atoms with van der Waals surface area (Å²) in [5.41, 5.74) is 11.1. The molecule has 1 unspecified atom stereocenters. The number of hydrogen-bond donors (Lipinski definition) is 3. The number of aliphatic hydroxyl groups is 1. The second kappa shape index (κ2) is 4.40. The largest absolute Gasteiger partial charge is 0.393 e. The lowest BCUT2D eigenvalue weighted by atomic mass is 9.91. The Kier molecular flexibility index (Phi) is 4.36. The zero-order chi connectivity index (χ0) is 10.7. The minimum Gasteiger partial charge on any atom is -0.393 e. The monoisotopic (exact) mass is 188 g/mol. The highest BCUT2D eigenvalue weighted by molar-refractivity contribution is 4.79. The summed E-state index contributed by atoms with van der Waals surface area (Å²) in [5, 5.41) is 9.61. The molecule has 0 spiro atoms. The summed E-state index contributed by atoms with van der Waals surface area (Å²) in [5.74, 6) is 0. The van der Waals surface area contributed by atoms with Crippen molar-refractivity contribution in [3.05, 3.63) is 0 Å². The summed E-state index contributed by atoms with van der Waals surface area (Å²) < 4.78 is 0. The van der Waals surface area contributed by atoms with Gasteiger partial charge in [0.05, 0.1) is 6.10 Å². The average Bonchev–Trinajstić information content (AvgIpc) is 1.78. The first kappa shape index (κ1) is 12.9. The van der Waals surface area contributed by atoms with E-state index in [1.54, 1.807) is 0 Å². The van der Waals surface area contributed by atoms with Gasteiger partial charge in [-0.15, -0.1) is 0 Å². The molecule has 0 aliphatic rings. The molecule has 0 aromatic heterocycles. The highest BCUT2D eigenvalue weighted by atomic mass is 16.3. The van der Waals surface area contributed by atoms with E-state index >= 15 is 0 Å². The molecule has 5 N–H and O–H groups in total. The molecular weight excluding hydrogens is 164 g/mol. The van der Waals surface area contributed by atoms with Gasteiger partial charge in [-0.25, -0.2) is 0 Å². The van der Waals surface area contributed by atoms with Crippen LogP contribution < -0.4 is 11.5 Å². The molecule has 0 rings (SSSR count). The zero-order valence-corrected chi connectivity index (χ0v) is 9.30. The maximum Gasteiger partial charge on any atom is 0.0558 e. The van der Waals surface area contributed by atoms with E-state index in [1.165, 1.54) is 0 Å². The second-order valence-electron chi connectivity index (χ2n) is 5.37. The van der Waals surface area contributed by atoms with Crippen molar-refractivity contribution in [3.8, 4) is 0 Å². The van der Waals surface area contributed by atoms with Gasteiger partial charge in [-0.3, -0.25) is 0 Å². The number of aliphatic hydroxyl groups excluding tert-OH is 1. The van der Waals surface area contributed by atoms with Crippen LogP contribution in [0, 0.1) is 0 Å². The van der Waals surface area contributed by atoms with Crippen LogP contribution in [0.1, 0.15) is 47.0 Å². The first-order chi connectivity index (χ1) is 5.60. The lowest BCUT2D eigenvalue weighted by Gasteiger charge is -2.25. The van der Waals surface area contributed by atoms with Crippen molar-refractivity contribution in [2.75, 3.05) is 0 Å². The predicted molar refractivity (Wildman–Crippen MR) is 56.4 cm³/mol. The van der Waals surface area contributed by atoms with Gasteiger partial charge in [0.1, 0.15) is 0 Å². The normalized spacial score (nSPS) is 15.9. The van der Waals surface area contributed by atoms with Gasteiger partial charge in [-0.05, 0) is 47.0 Å². The molecule has 0 aliphatic carbocycles. The summed E-state index contributed by atoms with van der Waals surface area (Å²) >= 11 is 0.